The van der Waals surface area contributed by atoms with E-state index in [1.807, 2.05) is 23.6 Å². The first-order valence-corrected chi connectivity index (χ1v) is 13.2. The molecule has 8 nitrogen and oxygen atoms in total. The van der Waals surface area contributed by atoms with Gasteiger partial charge in [0.2, 0.25) is 10.0 Å². The molecule has 0 spiro atoms. The number of rotatable bonds is 6. The van der Waals surface area contributed by atoms with E-state index in [0.29, 0.717) is 55.7 Å². The molecule has 1 aromatic carbocycles. The molecule has 0 bridgehead atoms. The Morgan fingerprint density at radius 3 is 2.58 bits per heavy atom. The van der Waals surface area contributed by atoms with E-state index in [9.17, 15) is 13.2 Å². The van der Waals surface area contributed by atoms with E-state index in [1.54, 1.807) is 40.0 Å². The number of aromatic nitrogens is 1. The summed E-state index contributed by atoms with van der Waals surface area (Å²) < 4.78 is 40.5. The predicted molar refractivity (Wildman–Crippen MR) is 126 cm³/mol. The van der Waals surface area contributed by atoms with Crippen LogP contribution in [0.25, 0.3) is 0 Å². The molecule has 1 fully saturated rings. The first kappa shape index (κ1) is 22.0. The van der Waals surface area contributed by atoms with E-state index >= 15 is 0 Å². The Morgan fingerprint density at radius 2 is 1.85 bits per heavy atom. The quantitative estimate of drug-likeness (QED) is 0.532. The minimum atomic E-state index is -3.62. The van der Waals surface area contributed by atoms with Crippen molar-refractivity contribution < 1.29 is 22.7 Å². The second kappa shape index (κ2) is 8.85. The van der Waals surface area contributed by atoms with Gasteiger partial charge in [0.25, 0.3) is 5.91 Å². The summed E-state index contributed by atoms with van der Waals surface area (Å²) in [6.45, 7) is 2.33. The lowest BCUT2D eigenvalue weighted by molar-refractivity contribution is 0.0977. The van der Waals surface area contributed by atoms with Crippen LogP contribution in [-0.4, -0.2) is 49.5 Å². The predicted octanol–water partition coefficient (Wildman–Crippen LogP) is 3.49. The number of nitrogens with zero attached hydrogens (tertiary/aromatic N) is 3. The highest BCUT2D eigenvalue weighted by atomic mass is 32.2. The second-order valence-electron chi connectivity index (χ2n) is 8.08. The van der Waals surface area contributed by atoms with Crippen molar-refractivity contribution in [1.82, 2.24) is 8.87 Å². The Balaban J connectivity index is 1.51. The van der Waals surface area contributed by atoms with Gasteiger partial charge in [-0.15, -0.1) is 11.3 Å². The van der Waals surface area contributed by atoms with Crippen LogP contribution < -0.4 is 14.4 Å². The molecule has 10 heteroatoms. The molecule has 174 valence electrons. The van der Waals surface area contributed by atoms with Crippen molar-refractivity contribution in [3.05, 3.63) is 58.5 Å². The first-order valence-electron chi connectivity index (χ1n) is 10.8. The van der Waals surface area contributed by atoms with Crippen molar-refractivity contribution in [3.63, 3.8) is 0 Å². The van der Waals surface area contributed by atoms with Crippen molar-refractivity contribution >= 4 is 33.0 Å². The third-order valence-electron chi connectivity index (χ3n) is 5.88. The molecule has 0 radical (unpaired) electrons. The highest BCUT2D eigenvalue weighted by molar-refractivity contribution is 7.89. The van der Waals surface area contributed by atoms with Gasteiger partial charge >= 0.3 is 0 Å². The molecule has 2 aromatic heterocycles. The van der Waals surface area contributed by atoms with Gasteiger partial charge in [-0.3, -0.25) is 4.79 Å². The summed E-state index contributed by atoms with van der Waals surface area (Å²) in [5, 5.41) is 1.96. The number of fused-ring (bicyclic) bond motifs is 1. The summed E-state index contributed by atoms with van der Waals surface area (Å²) in [5.74, 6) is 0.948. The molecule has 0 N–H and O–H groups in total. The molecule has 3 aromatic rings. The van der Waals surface area contributed by atoms with Gasteiger partial charge < -0.3 is 18.9 Å². The van der Waals surface area contributed by atoms with Crippen LogP contribution in [0.3, 0.4) is 0 Å². The minimum absolute atomic E-state index is 0.147. The zero-order valence-corrected chi connectivity index (χ0v) is 19.9. The summed E-state index contributed by atoms with van der Waals surface area (Å²) in [4.78, 5) is 16.6. The second-order valence-corrected chi connectivity index (χ2v) is 11.1. The Kier molecular flexibility index (Phi) is 5.90. The van der Waals surface area contributed by atoms with Crippen molar-refractivity contribution in [3.8, 4) is 11.5 Å². The molecular formula is C23H25N3O5S2. The van der Waals surface area contributed by atoms with E-state index < -0.39 is 10.0 Å². The van der Waals surface area contributed by atoms with E-state index in [0.717, 1.165) is 17.7 Å². The summed E-state index contributed by atoms with van der Waals surface area (Å²) >= 11 is 1.56. The van der Waals surface area contributed by atoms with Gasteiger partial charge in [-0.25, -0.2) is 8.42 Å². The Hall–Kier alpha value is -2.82. The molecule has 4 heterocycles. The van der Waals surface area contributed by atoms with Gasteiger partial charge in [-0.1, -0.05) is 6.07 Å². The number of benzene rings is 1. The SMILES string of the molecule is Cn1cc(S(=O)(=O)N2CCCC2)cc1C(=O)N(Cc1cccs1)c1ccc2c(c1)OCCO2. The largest absolute Gasteiger partial charge is 0.486 e. The number of thiophene rings is 1. The van der Waals surface area contributed by atoms with E-state index in [-0.39, 0.29) is 10.8 Å². The van der Waals surface area contributed by atoms with E-state index in [4.69, 9.17) is 9.47 Å². The number of ether oxygens (including phenoxy) is 2. The van der Waals surface area contributed by atoms with Crippen LogP contribution >= 0.6 is 11.3 Å². The number of hydrogen-bond acceptors (Lipinski definition) is 6. The van der Waals surface area contributed by atoms with Crippen LogP contribution in [0.5, 0.6) is 11.5 Å². The fourth-order valence-corrected chi connectivity index (χ4v) is 6.42. The monoisotopic (exact) mass is 487 g/mol. The number of carbonyl (C=O) groups excluding carboxylic acids is 1. The van der Waals surface area contributed by atoms with Crippen LogP contribution in [0.4, 0.5) is 5.69 Å². The number of hydrogen-bond donors (Lipinski definition) is 0. The smallest absolute Gasteiger partial charge is 0.275 e. The number of carbonyl (C=O) groups is 1. The molecule has 1 amide bonds. The van der Waals surface area contributed by atoms with Crippen molar-refractivity contribution in [2.24, 2.45) is 7.05 Å². The maximum absolute atomic E-state index is 13.8. The average molecular weight is 488 g/mol. The highest BCUT2D eigenvalue weighted by Crippen LogP contribution is 2.35. The zero-order valence-electron chi connectivity index (χ0n) is 18.3. The normalized spacial score (nSPS) is 16.2. The van der Waals surface area contributed by atoms with Gasteiger partial charge in [0, 0.05) is 43.0 Å². The van der Waals surface area contributed by atoms with Gasteiger partial charge in [0.1, 0.15) is 23.8 Å². The van der Waals surface area contributed by atoms with Crippen LogP contribution in [0, 0.1) is 0 Å². The minimum Gasteiger partial charge on any atom is -0.486 e. The molecule has 2 aliphatic heterocycles. The van der Waals surface area contributed by atoms with E-state index in [1.165, 1.54) is 16.6 Å². The summed E-state index contributed by atoms with van der Waals surface area (Å²) in [7, 11) is -1.92. The highest BCUT2D eigenvalue weighted by Gasteiger charge is 2.31. The van der Waals surface area contributed by atoms with Gasteiger partial charge in [-0.05, 0) is 42.5 Å². The molecule has 2 aliphatic rings. The molecule has 0 saturated carbocycles. The standard InChI is InChI=1S/C23H25N3O5S2/c1-24-16-19(33(28,29)25-8-2-3-9-25)14-20(24)23(27)26(15-18-5-4-12-32-18)17-6-7-21-22(13-17)31-11-10-30-21/h4-7,12-14,16H,2-3,8-11,15H2,1H3. The van der Waals surface area contributed by atoms with Crippen LogP contribution in [0.2, 0.25) is 0 Å². The fraction of sp³-hybridized carbons (Fsp3) is 0.348. The molecular weight excluding hydrogens is 462 g/mol. The lowest BCUT2D eigenvalue weighted by atomic mass is 10.2. The zero-order chi connectivity index (χ0) is 23.0. The van der Waals surface area contributed by atoms with Crippen LogP contribution in [0.1, 0.15) is 28.2 Å². The molecule has 1 saturated heterocycles. The average Bonchev–Trinajstić information content (AvgIpc) is 3.59. The van der Waals surface area contributed by atoms with Crippen molar-refractivity contribution in [2.45, 2.75) is 24.3 Å². The Morgan fingerprint density at radius 1 is 1.09 bits per heavy atom. The molecule has 33 heavy (non-hydrogen) atoms. The van der Waals surface area contributed by atoms with Gasteiger partial charge in [-0.2, -0.15) is 4.31 Å². The molecule has 0 aliphatic carbocycles. The van der Waals surface area contributed by atoms with Gasteiger partial charge in [0.15, 0.2) is 11.5 Å². The fourth-order valence-electron chi connectivity index (χ4n) is 4.14. The number of sulfonamides is 1. The maximum atomic E-state index is 13.8. The summed E-state index contributed by atoms with van der Waals surface area (Å²) in [5.41, 5.74) is 0.960. The van der Waals surface area contributed by atoms with E-state index in [2.05, 4.69) is 0 Å². The number of anilines is 1. The maximum Gasteiger partial charge on any atom is 0.275 e. The lowest BCUT2D eigenvalue weighted by Gasteiger charge is -2.25. The number of amides is 1. The topological polar surface area (TPSA) is 81.1 Å². The Bertz CT molecular complexity index is 1260. The van der Waals surface area contributed by atoms with Crippen molar-refractivity contribution in [1.29, 1.82) is 0 Å². The van der Waals surface area contributed by atoms with Crippen molar-refractivity contribution in [2.75, 3.05) is 31.2 Å². The molecule has 0 atom stereocenters. The third-order valence-corrected chi connectivity index (χ3v) is 8.60. The first-order chi connectivity index (χ1) is 15.9. The molecule has 5 rings (SSSR count). The number of aryl methyl sites for hydroxylation is 1. The Labute approximate surface area is 197 Å². The summed E-state index contributed by atoms with van der Waals surface area (Å²) in [6, 6.07) is 10.8. The van der Waals surface area contributed by atoms with Crippen LogP contribution in [0.15, 0.2) is 52.9 Å². The molecule has 0 unspecified atom stereocenters. The summed E-state index contributed by atoms with van der Waals surface area (Å²) in [6.07, 6.45) is 3.24. The lowest BCUT2D eigenvalue weighted by Crippen LogP contribution is -2.31. The van der Waals surface area contributed by atoms with Crippen LogP contribution in [-0.2, 0) is 23.6 Å². The third kappa shape index (κ3) is 4.25. The van der Waals surface area contributed by atoms with Gasteiger partial charge in [0.05, 0.1) is 6.54 Å².